The van der Waals surface area contributed by atoms with Crippen LogP contribution < -0.4 is 5.32 Å². The molecule has 1 aliphatic rings. The molecule has 5 nitrogen and oxygen atoms in total. The van der Waals surface area contributed by atoms with Gasteiger partial charge in [0, 0.05) is 30.7 Å². The summed E-state index contributed by atoms with van der Waals surface area (Å²) in [5.74, 6) is 0.311. The van der Waals surface area contributed by atoms with Crippen LogP contribution in [0, 0.1) is 5.92 Å². The van der Waals surface area contributed by atoms with Crippen molar-refractivity contribution in [3.8, 4) is 0 Å². The largest absolute Gasteiger partial charge is 0.352 e. The zero-order valence-corrected chi connectivity index (χ0v) is 15.9. The molecule has 1 aromatic rings. The Morgan fingerprint density at radius 2 is 1.91 bits per heavy atom. The first-order chi connectivity index (χ1) is 10.8. The molecule has 0 bridgehead atoms. The molecule has 1 saturated carbocycles. The summed E-state index contributed by atoms with van der Waals surface area (Å²) in [6.45, 7) is 0.657. The lowest BCUT2D eigenvalue weighted by Crippen LogP contribution is -2.30. The fraction of sp³-hybridized carbons (Fsp3) is 0.562. The zero-order chi connectivity index (χ0) is 17.0. The third-order valence-electron chi connectivity index (χ3n) is 4.23. The van der Waals surface area contributed by atoms with E-state index in [9.17, 15) is 13.2 Å². The van der Waals surface area contributed by atoms with E-state index in [-0.39, 0.29) is 10.8 Å². The molecular formula is C16H23BrN2O3S. The lowest BCUT2D eigenvalue weighted by Gasteiger charge is -2.21. The van der Waals surface area contributed by atoms with Crippen LogP contribution in [-0.4, -0.2) is 39.3 Å². The Kier molecular flexibility index (Phi) is 6.22. The second-order valence-corrected chi connectivity index (χ2v) is 9.12. The van der Waals surface area contributed by atoms with E-state index in [0.29, 0.717) is 22.5 Å². The predicted molar refractivity (Wildman–Crippen MR) is 93.9 cm³/mol. The number of rotatable bonds is 5. The van der Waals surface area contributed by atoms with Gasteiger partial charge in [0.15, 0.2) is 0 Å². The van der Waals surface area contributed by atoms with Crippen LogP contribution in [-0.2, 0) is 10.0 Å². The van der Waals surface area contributed by atoms with Crippen LogP contribution in [0.15, 0.2) is 27.6 Å². The van der Waals surface area contributed by atoms with Crippen molar-refractivity contribution in [1.29, 1.82) is 0 Å². The van der Waals surface area contributed by atoms with Crippen LogP contribution in [0.25, 0.3) is 0 Å². The summed E-state index contributed by atoms with van der Waals surface area (Å²) in [5.41, 5.74) is 0.365. The normalized spacial score (nSPS) is 16.5. The van der Waals surface area contributed by atoms with Gasteiger partial charge in [0.25, 0.3) is 5.91 Å². The Hall–Kier alpha value is -0.920. The summed E-state index contributed by atoms with van der Waals surface area (Å²) >= 11 is 3.25. The lowest BCUT2D eigenvalue weighted by atomic mass is 9.89. The maximum Gasteiger partial charge on any atom is 0.251 e. The molecule has 0 heterocycles. The Labute approximate surface area is 146 Å². The molecular weight excluding hydrogens is 380 g/mol. The number of hydrogen-bond donors (Lipinski definition) is 1. The molecule has 0 aliphatic heterocycles. The number of carbonyl (C=O) groups is 1. The first kappa shape index (κ1) is 18.4. The Bertz CT molecular complexity index is 668. The van der Waals surface area contributed by atoms with E-state index in [2.05, 4.69) is 21.2 Å². The first-order valence-corrected chi connectivity index (χ1v) is 10.1. The number of hydrogen-bond acceptors (Lipinski definition) is 3. The highest BCUT2D eigenvalue weighted by atomic mass is 79.9. The van der Waals surface area contributed by atoms with E-state index in [1.54, 1.807) is 12.1 Å². The third kappa shape index (κ3) is 4.55. The molecule has 0 saturated heterocycles. The maximum absolute atomic E-state index is 12.3. The number of nitrogens with one attached hydrogen (secondary N) is 1. The molecule has 0 aromatic heterocycles. The van der Waals surface area contributed by atoms with Crippen molar-refractivity contribution in [2.45, 2.75) is 37.0 Å². The number of carbonyl (C=O) groups excluding carboxylic acids is 1. The van der Waals surface area contributed by atoms with Gasteiger partial charge in [-0.15, -0.1) is 0 Å². The van der Waals surface area contributed by atoms with Crippen LogP contribution in [0.5, 0.6) is 0 Å². The second kappa shape index (κ2) is 7.77. The second-order valence-electron chi connectivity index (χ2n) is 6.15. The van der Waals surface area contributed by atoms with E-state index in [1.165, 1.54) is 39.4 Å². The molecule has 0 spiro atoms. The fourth-order valence-electron chi connectivity index (χ4n) is 2.77. The molecule has 23 heavy (non-hydrogen) atoms. The van der Waals surface area contributed by atoms with E-state index >= 15 is 0 Å². The average molecular weight is 403 g/mol. The zero-order valence-electron chi connectivity index (χ0n) is 13.5. The summed E-state index contributed by atoms with van der Waals surface area (Å²) in [6.07, 6.45) is 6.04. The standard InChI is InChI=1S/C16H23BrN2O3S/c1-19(2)23(21,22)15-10-13(8-9-14(15)17)16(20)18-11-12-6-4-3-5-7-12/h8-10,12H,3-7,11H2,1-2H3,(H,18,20). The summed E-state index contributed by atoms with van der Waals surface area (Å²) in [7, 11) is -0.653. The summed E-state index contributed by atoms with van der Waals surface area (Å²) in [5, 5.41) is 2.93. The predicted octanol–water partition coefficient (Wildman–Crippen LogP) is 3.01. The van der Waals surface area contributed by atoms with Gasteiger partial charge in [0.1, 0.15) is 0 Å². The van der Waals surface area contributed by atoms with Crippen molar-refractivity contribution in [3.05, 3.63) is 28.2 Å². The van der Waals surface area contributed by atoms with Gasteiger partial charge >= 0.3 is 0 Å². The van der Waals surface area contributed by atoms with Gasteiger partial charge in [-0.05, 0) is 52.9 Å². The van der Waals surface area contributed by atoms with Gasteiger partial charge in [-0.2, -0.15) is 0 Å². The minimum atomic E-state index is -3.59. The first-order valence-electron chi connectivity index (χ1n) is 7.82. The van der Waals surface area contributed by atoms with E-state index < -0.39 is 10.0 Å². The lowest BCUT2D eigenvalue weighted by molar-refractivity contribution is 0.0943. The summed E-state index contributed by atoms with van der Waals surface area (Å²) in [4.78, 5) is 12.4. The molecule has 1 aromatic carbocycles. The van der Waals surface area contributed by atoms with Crippen molar-refractivity contribution in [2.75, 3.05) is 20.6 Å². The molecule has 0 unspecified atom stereocenters. The van der Waals surface area contributed by atoms with E-state index in [0.717, 1.165) is 17.1 Å². The van der Waals surface area contributed by atoms with Gasteiger partial charge in [0.2, 0.25) is 10.0 Å². The van der Waals surface area contributed by atoms with Gasteiger partial charge in [-0.1, -0.05) is 19.3 Å². The Balaban J connectivity index is 2.12. The van der Waals surface area contributed by atoms with Crippen LogP contribution in [0.2, 0.25) is 0 Å². The van der Waals surface area contributed by atoms with Crippen molar-refractivity contribution >= 4 is 31.9 Å². The highest BCUT2D eigenvalue weighted by Crippen LogP contribution is 2.26. The topological polar surface area (TPSA) is 66.5 Å². The smallest absolute Gasteiger partial charge is 0.251 e. The molecule has 2 rings (SSSR count). The van der Waals surface area contributed by atoms with Crippen LogP contribution >= 0.6 is 15.9 Å². The number of sulfonamides is 1. The Morgan fingerprint density at radius 3 is 2.52 bits per heavy atom. The number of nitrogens with zero attached hydrogens (tertiary/aromatic N) is 1. The van der Waals surface area contributed by atoms with Gasteiger partial charge < -0.3 is 5.32 Å². The third-order valence-corrected chi connectivity index (χ3v) is 7.04. The molecule has 7 heteroatoms. The summed E-state index contributed by atoms with van der Waals surface area (Å²) in [6, 6.07) is 4.66. The highest BCUT2D eigenvalue weighted by Gasteiger charge is 2.22. The van der Waals surface area contributed by atoms with Crippen LogP contribution in [0.4, 0.5) is 0 Å². The SMILES string of the molecule is CN(C)S(=O)(=O)c1cc(C(=O)NCC2CCCCC2)ccc1Br. The molecule has 1 aliphatic carbocycles. The monoisotopic (exact) mass is 402 g/mol. The van der Waals surface area contributed by atoms with Crippen molar-refractivity contribution in [2.24, 2.45) is 5.92 Å². The Morgan fingerprint density at radius 1 is 1.26 bits per heavy atom. The maximum atomic E-state index is 12.3. The van der Waals surface area contributed by atoms with Crippen molar-refractivity contribution in [3.63, 3.8) is 0 Å². The minimum Gasteiger partial charge on any atom is -0.352 e. The number of benzene rings is 1. The quantitative estimate of drug-likeness (QED) is 0.822. The average Bonchev–Trinajstić information content (AvgIpc) is 2.53. The molecule has 1 fully saturated rings. The van der Waals surface area contributed by atoms with Crippen LogP contribution in [0.3, 0.4) is 0 Å². The summed E-state index contributed by atoms with van der Waals surface area (Å²) < 4.78 is 26.2. The van der Waals surface area contributed by atoms with Crippen LogP contribution in [0.1, 0.15) is 42.5 Å². The van der Waals surface area contributed by atoms with E-state index in [4.69, 9.17) is 0 Å². The molecule has 1 N–H and O–H groups in total. The number of halogens is 1. The van der Waals surface area contributed by atoms with Gasteiger partial charge in [-0.3, -0.25) is 4.79 Å². The van der Waals surface area contributed by atoms with Crippen molar-refractivity contribution in [1.82, 2.24) is 9.62 Å². The fourth-order valence-corrected chi connectivity index (χ4v) is 4.61. The molecule has 0 radical (unpaired) electrons. The van der Waals surface area contributed by atoms with Crippen molar-refractivity contribution < 1.29 is 13.2 Å². The van der Waals surface area contributed by atoms with E-state index in [1.807, 2.05) is 0 Å². The molecule has 0 atom stereocenters. The number of amides is 1. The highest BCUT2D eigenvalue weighted by molar-refractivity contribution is 9.10. The van der Waals surface area contributed by atoms with Gasteiger partial charge in [-0.25, -0.2) is 12.7 Å². The minimum absolute atomic E-state index is 0.104. The van der Waals surface area contributed by atoms with Gasteiger partial charge in [0.05, 0.1) is 4.90 Å². The molecule has 1 amide bonds. The molecule has 128 valence electrons.